The van der Waals surface area contributed by atoms with Crippen LogP contribution < -0.4 is 44.3 Å². The summed E-state index contributed by atoms with van der Waals surface area (Å²) in [6, 6.07) is 0.149. The van der Waals surface area contributed by atoms with Crippen LogP contribution in [0.3, 0.4) is 0 Å². The summed E-state index contributed by atoms with van der Waals surface area (Å²) >= 11 is 5.77. The molecule has 0 spiro atoms. The van der Waals surface area contributed by atoms with Gasteiger partial charge in [-0.05, 0) is 133 Å². The Balaban J connectivity index is 0.000000261. The van der Waals surface area contributed by atoms with E-state index < -0.39 is 12.8 Å². The number of thiophene rings is 2. The number of carbonyl (C=O) groups is 1. The number of amides is 1. The number of hydrogen-bond donors (Lipinski definition) is 1. The van der Waals surface area contributed by atoms with Crippen LogP contribution in [0.25, 0.3) is 20.4 Å². The molecule has 4 aliphatic carbocycles. The predicted molar refractivity (Wildman–Crippen MR) is 220 cm³/mol. The van der Waals surface area contributed by atoms with Gasteiger partial charge in [0.05, 0.1) is 19.3 Å². The largest absolute Gasteiger partial charge is 1.00 e. The van der Waals surface area contributed by atoms with Crippen LogP contribution >= 0.6 is 45.3 Å². The Bertz CT molecular complexity index is 1780. The Kier molecular flexibility index (Phi) is 17.1. The molecule has 0 atom stereocenters. The maximum absolute atomic E-state index is 11.9. The van der Waals surface area contributed by atoms with Gasteiger partial charge in [-0.2, -0.15) is 0 Å². The molecule has 0 aliphatic heterocycles. The number of carbonyl (C=O) groups excluding carboxylic acids is 1. The molecule has 288 valence electrons. The van der Waals surface area contributed by atoms with E-state index in [0.29, 0.717) is 6.10 Å². The molecule has 0 aromatic carbocycles. The fourth-order valence-corrected chi connectivity index (χ4v) is 10.2. The number of nitrogens with zero attached hydrogens (tertiary/aromatic N) is 4. The van der Waals surface area contributed by atoms with E-state index in [0.717, 1.165) is 71.2 Å². The van der Waals surface area contributed by atoms with Crippen LogP contribution in [-0.4, -0.2) is 62.0 Å². The number of aryl methyl sites for hydroxylation is 4. The average Bonchev–Trinajstić information content (AvgIpc) is 3.93. The second kappa shape index (κ2) is 21.2. The quantitative estimate of drug-likeness (QED) is 0.120. The molecule has 0 unspecified atom stereocenters. The second-order valence-electron chi connectivity index (χ2n) is 14.8. The molecule has 2 fully saturated rings. The fraction of sp³-hybridized carbons (Fsp3) is 0.667. The standard InChI is InChI=1S/C20H27N3O3S.C17H22N2OS.CH3F.CH3I.Na.H/c1-20(2,3)26-19(24)23-12-7-9-13(10-8-12)25-17-16-14-5-4-6-15(14)27-18(16)22-11-21-17;1-2-11-6-8-12(9-7-11)20-16-15-13-4-3-5-14(13)21-17(15)19-10-18-16;2*1-2;;/h11-13H,4-10H2,1-3H3,(H,23,24);10-12H,2-9H2,1H3;2*1H3;;/q;;;;+1;-1/i;;1D;;;. The molecule has 1 amide bonds. The third-order valence-corrected chi connectivity index (χ3v) is 12.7. The van der Waals surface area contributed by atoms with E-state index in [1.807, 2.05) is 37.0 Å². The maximum Gasteiger partial charge on any atom is 1.00 e. The van der Waals surface area contributed by atoms with Crippen molar-refractivity contribution in [3.05, 3.63) is 33.5 Å². The summed E-state index contributed by atoms with van der Waals surface area (Å²) < 4.78 is 33.4. The van der Waals surface area contributed by atoms with Gasteiger partial charge in [0.15, 0.2) is 0 Å². The third kappa shape index (κ3) is 11.6. The van der Waals surface area contributed by atoms with Crippen molar-refractivity contribution >= 4 is 71.8 Å². The van der Waals surface area contributed by atoms with Crippen molar-refractivity contribution in [2.24, 2.45) is 5.92 Å². The molecular formula is C39H56FIN5NaO4S2. The minimum atomic E-state index is -1.00. The minimum Gasteiger partial charge on any atom is -1.00 e. The summed E-state index contributed by atoms with van der Waals surface area (Å²) in [6.45, 7) is 7.93. The number of nitrogens with one attached hydrogen (secondary N) is 1. The predicted octanol–water partition coefficient (Wildman–Crippen LogP) is 7.68. The van der Waals surface area contributed by atoms with Gasteiger partial charge < -0.3 is 21.0 Å². The van der Waals surface area contributed by atoms with Crippen molar-refractivity contribution < 1.29 is 55.8 Å². The van der Waals surface area contributed by atoms with Crippen LogP contribution in [0.5, 0.6) is 11.8 Å². The molecule has 4 aromatic heterocycles. The van der Waals surface area contributed by atoms with Crippen molar-refractivity contribution in [2.75, 3.05) is 12.1 Å². The second-order valence-corrected chi connectivity index (χ2v) is 17.0. The van der Waals surface area contributed by atoms with Gasteiger partial charge in [0.1, 0.15) is 40.1 Å². The first kappa shape index (κ1) is 42.7. The van der Waals surface area contributed by atoms with E-state index in [1.54, 1.807) is 24.0 Å². The topological polar surface area (TPSA) is 108 Å². The molecule has 8 rings (SSSR count). The van der Waals surface area contributed by atoms with E-state index >= 15 is 0 Å². The van der Waals surface area contributed by atoms with Crippen molar-refractivity contribution in [3.8, 4) is 11.8 Å². The molecule has 0 radical (unpaired) electrons. The van der Waals surface area contributed by atoms with Gasteiger partial charge in [-0.25, -0.2) is 24.7 Å². The normalized spacial score (nSPS) is 21.9. The molecule has 1 N–H and O–H groups in total. The zero-order valence-corrected chi connectivity index (χ0v) is 38.1. The molecule has 9 nitrogen and oxygen atoms in total. The van der Waals surface area contributed by atoms with Crippen molar-refractivity contribution in [2.45, 2.75) is 148 Å². The van der Waals surface area contributed by atoms with Crippen molar-refractivity contribution in [1.82, 2.24) is 25.3 Å². The molecule has 0 bridgehead atoms. The molecule has 4 heterocycles. The van der Waals surface area contributed by atoms with E-state index in [-0.39, 0.29) is 49.2 Å². The van der Waals surface area contributed by atoms with Crippen molar-refractivity contribution in [3.63, 3.8) is 0 Å². The number of hydrogen-bond acceptors (Lipinski definition) is 10. The summed E-state index contributed by atoms with van der Waals surface area (Å²) in [4.78, 5) is 36.8. The van der Waals surface area contributed by atoms with Gasteiger partial charge >= 0.3 is 35.7 Å². The number of alkyl halides is 2. The van der Waals surface area contributed by atoms with Crippen LogP contribution in [0, 0.1) is 5.92 Å². The number of rotatable bonds is 6. The molecule has 4 aliphatic rings. The zero-order valence-electron chi connectivity index (χ0n) is 34.3. The molecule has 53 heavy (non-hydrogen) atoms. The Hall–Kier alpha value is -1.39. The SMILES string of the molecule is CC(C)(C)OC(=O)NC1CCC(Oc2ncnc3sc4c(c23)CCC4)CC1.CCC1CCC(Oc2ncnc3sc4c(c23)CCC4)CC1.CI.[2H]CF.[H-].[Na+]. The van der Waals surface area contributed by atoms with Crippen LogP contribution in [-0.2, 0) is 30.4 Å². The van der Waals surface area contributed by atoms with E-state index in [4.69, 9.17) is 15.6 Å². The Morgan fingerprint density at radius 3 is 1.74 bits per heavy atom. The van der Waals surface area contributed by atoms with Crippen LogP contribution in [0.2, 0.25) is 0 Å². The van der Waals surface area contributed by atoms with Gasteiger partial charge in [0.25, 0.3) is 0 Å². The van der Waals surface area contributed by atoms with Gasteiger partial charge in [0, 0.05) is 15.8 Å². The monoisotopic (exact) mass is 892 g/mol. The van der Waals surface area contributed by atoms with Gasteiger partial charge in [-0.1, -0.05) is 35.9 Å². The number of ether oxygens (including phenoxy) is 3. The maximum atomic E-state index is 11.9. The first-order chi connectivity index (χ1) is 25.6. The van der Waals surface area contributed by atoms with Gasteiger partial charge in [0.2, 0.25) is 11.8 Å². The average molecular weight is 893 g/mol. The number of aromatic nitrogens is 4. The molecule has 0 saturated heterocycles. The molecule has 2 saturated carbocycles. The first-order valence-corrected chi connectivity index (χ1v) is 22.5. The number of fused-ring (bicyclic) bond motifs is 6. The molecule has 4 aromatic rings. The summed E-state index contributed by atoms with van der Waals surface area (Å²) in [5.41, 5.74) is 2.39. The van der Waals surface area contributed by atoms with Crippen LogP contribution in [0.1, 0.15) is 122 Å². The van der Waals surface area contributed by atoms with Gasteiger partial charge in [-0.3, -0.25) is 4.39 Å². The number of alkyl carbamates (subject to hydrolysis) is 1. The smallest absolute Gasteiger partial charge is 1.00 e. The summed E-state index contributed by atoms with van der Waals surface area (Å²) in [6.07, 6.45) is 20.4. The summed E-state index contributed by atoms with van der Waals surface area (Å²) in [7, 11) is -1.00. The Labute approximate surface area is 361 Å². The van der Waals surface area contributed by atoms with E-state index in [2.05, 4.69) is 54.8 Å². The Morgan fingerprint density at radius 1 is 0.849 bits per heavy atom. The van der Waals surface area contributed by atoms with Crippen LogP contribution in [0.4, 0.5) is 9.18 Å². The van der Waals surface area contributed by atoms with Gasteiger partial charge in [-0.15, -0.1) is 22.7 Å². The number of halogens is 2. The minimum absolute atomic E-state index is 0. The summed E-state index contributed by atoms with van der Waals surface area (Å²) in [5.74, 6) is 2.49. The molecular weight excluding hydrogens is 835 g/mol. The molecule has 14 heteroatoms. The third-order valence-electron chi connectivity index (χ3n) is 10.3. The van der Waals surface area contributed by atoms with E-state index in [1.165, 1.54) is 84.1 Å². The fourth-order valence-electron chi connectivity index (χ4n) is 7.75. The van der Waals surface area contributed by atoms with Crippen LogP contribution in [0.15, 0.2) is 12.7 Å². The summed E-state index contributed by atoms with van der Waals surface area (Å²) in [5, 5.41) is 5.32. The zero-order chi connectivity index (χ0) is 38.0. The Morgan fingerprint density at radius 2 is 1.30 bits per heavy atom. The van der Waals surface area contributed by atoms with Crippen molar-refractivity contribution in [1.29, 1.82) is 0 Å². The van der Waals surface area contributed by atoms with E-state index in [9.17, 15) is 9.18 Å². The first-order valence-electron chi connectivity index (χ1n) is 19.4.